The summed E-state index contributed by atoms with van der Waals surface area (Å²) in [6.07, 6.45) is 3.05. The first-order valence-electron chi connectivity index (χ1n) is 6.81. The van der Waals surface area contributed by atoms with Crippen LogP contribution in [0.15, 0.2) is 46.9 Å². The van der Waals surface area contributed by atoms with E-state index >= 15 is 0 Å². The Bertz CT molecular complexity index is 626. The van der Waals surface area contributed by atoms with Crippen molar-refractivity contribution in [2.75, 3.05) is 0 Å². The van der Waals surface area contributed by atoms with Gasteiger partial charge in [0.25, 0.3) is 0 Å². The number of benzene rings is 2. The highest BCUT2D eigenvalue weighted by molar-refractivity contribution is 9.10. The summed E-state index contributed by atoms with van der Waals surface area (Å²) in [5, 5.41) is 0.0452. The molecule has 0 saturated heterocycles. The molecule has 3 heteroatoms. The van der Waals surface area contributed by atoms with Crippen molar-refractivity contribution in [2.45, 2.75) is 24.6 Å². The van der Waals surface area contributed by atoms with Crippen LogP contribution in [0.5, 0.6) is 0 Å². The molecule has 2 aromatic carbocycles. The maximum Gasteiger partial charge on any atom is 0.137 e. The summed E-state index contributed by atoms with van der Waals surface area (Å²) in [6.45, 7) is 0. The number of fused-ring (bicyclic) bond motifs is 1. The summed E-state index contributed by atoms with van der Waals surface area (Å²) in [6, 6.07) is 13.6. The third kappa shape index (κ3) is 2.77. The Balaban J connectivity index is 1.81. The fourth-order valence-electron chi connectivity index (χ4n) is 2.95. The Morgan fingerprint density at radius 2 is 2.00 bits per heavy atom. The molecular weight excluding hydrogens is 339 g/mol. The smallest absolute Gasteiger partial charge is 0.137 e. The fraction of sp³-hybridized carbons (Fsp3) is 0.294. The van der Waals surface area contributed by atoms with Crippen molar-refractivity contribution in [3.63, 3.8) is 0 Å². The SMILES string of the molecule is Fc1ccc(CC2CCc3ccccc3C2Cl)cc1Br. The molecule has 0 heterocycles. The Morgan fingerprint density at radius 3 is 2.80 bits per heavy atom. The second-order valence-electron chi connectivity index (χ2n) is 5.35. The summed E-state index contributed by atoms with van der Waals surface area (Å²) in [5.41, 5.74) is 3.75. The molecular formula is C17H15BrClF. The van der Waals surface area contributed by atoms with Gasteiger partial charge in [-0.15, -0.1) is 11.6 Å². The maximum atomic E-state index is 13.3. The van der Waals surface area contributed by atoms with Gasteiger partial charge < -0.3 is 0 Å². The predicted molar refractivity (Wildman–Crippen MR) is 84.7 cm³/mol. The van der Waals surface area contributed by atoms with Crippen molar-refractivity contribution in [1.29, 1.82) is 0 Å². The van der Waals surface area contributed by atoms with Gasteiger partial charge in [0.05, 0.1) is 9.85 Å². The molecule has 0 amide bonds. The zero-order chi connectivity index (χ0) is 14.1. The summed E-state index contributed by atoms with van der Waals surface area (Å²) in [4.78, 5) is 0. The molecule has 104 valence electrons. The lowest BCUT2D eigenvalue weighted by atomic mass is 9.80. The van der Waals surface area contributed by atoms with Gasteiger partial charge in [-0.3, -0.25) is 0 Å². The summed E-state index contributed by atoms with van der Waals surface area (Å²) in [5.74, 6) is 0.189. The molecule has 0 fully saturated rings. The molecule has 0 N–H and O–H groups in total. The second-order valence-corrected chi connectivity index (χ2v) is 6.68. The van der Waals surface area contributed by atoms with Crippen LogP contribution in [-0.2, 0) is 12.8 Å². The molecule has 3 rings (SSSR count). The third-order valence-electron chi connectivity index (χ3n) is 4.03. The lowest BCUT2D eigenvalue weighted by Gasteiger charge is -2.29. The van der Waals surface area contributed by atoms with Gasteiger partial charge in [-0.1, -0.05) is 30.3 Å². The maximum absolute atomic E-state index is 13.3. The van der Waals surface area contributed by atoms with Gasteiger partial charge in [0, 0.05) is 0 Å². The Kier molecular flexibility index (Phi) is 4.13. The van der Waals surface area contributed by atoms with Gasteiger partial charge in [-0.25, -0.2) is 4.39 Å². The minimum absolute atomic E-state index is 0.0452. The topological polar surface area (TPSA) is 0 Å². The first-order chi connectivity index (χ1) is 9.65. The van der Waals surface area contributed by atoms with Crippen molar-refractivity contribution in [3.8, 4) is 0 Å². The van der Waals surface area contributed by atoms with Crippen LogP contribution in [0, 0.1) is 11.7 Å². The molecule has 0 aliphatic heterocycles. The van der Waals surface area contributed by atoms with E-state index in [0.29, 0.717) is 10.4 Å². The molecule has 0 radical (unpaired) electrons. The van der Waals surface area contributed by atoms with Gasteiger partial charge in [-0.05, 0) is 69.9 Å². The molecule has 0 aromatic heterocycles. The number of alkyl halides is 1. The molecule has 0 bridgehead atoms. The van der Waals surface area contributed by atoms with Crippen LogP contribution in [0.2, 0.25) is 0 Å². The highest BCUT2D eigenvalue weighted by Crippen LogP contribution is 2.40. The third-order valence-corrected chi connectivity index (χ3v) is 5.23. The van der Waals surface area contributed by atoms with Crippen LogP contribution in [0.1, 0.15) is 28.5 Å². The molecule has 2 aromatic rings. The molecule has 20 heavy (non-hydrogen) atoms. The second kappa shape index (κ2) is 5.87. The van der Waals surface area contributed by atoms with Gasteiger partial charge in [0.1, 0.15) is 5.82 Å². The van der Waals surface area contributed by atoms with Crippen LogP contribution < -0.4 is 0 Å². The van der Waals surface area contributed by atoms with E-state index in [-0.39, 0.29) is 11.2 Å². The van der Waals surface area contributed by atoms with E-state index in [1.165, 1.54) is 17.2 Å². The number of halogens is 3. The van der Waals surface area contributed by atoms with E-state index in [0.717, 1.165) is 24.8 Å². The minimum Gasteiger partial charge on any atom is -0.206 e. The van der Waals surface area contributed by atoms with E-state index in [4.69, 9.17) is 11.6 Å². The fourth-order valence-corrected chi connectivity index (χ4v) is 3.80. The van der Waals surface area contributed by atoms with E-state index in [1.54, 1.807) is 0 Å². The van der Waals surface area contributed by atoms with Crippen LogP contribution in [-0.4, -0.2) is 0 Å². The van der Waals surface area contributed by atoms with Crippen molar-refractivity contribution in [3.05, 3.63) is 69.4 Å². The van der Waals surface area contributed by atoms with Crippen molar-refractivity contribution >= 4 is 27.5 Å². The zero-order valence-electron chi connectivity index (χ0n) is 11.0. The molecule has 0 spiro atoms. The Labute approximate surface area is 132 Å². The first-order valence-corrected chi connectivity index (χ1v) is 8.04. The van der Waals surface area contributed by atoms with Crippen molar-refractivity contribution in [1.82, 2.24) is 0 Å². The highest BCUT2D eigenvalue weighted by atomic mass is 79.9. The van der Waals surface area contributed by atoms with Gasteiger partial charge in [0.15, 0.2) is 0 Å². The number of hydrogen-bond acceptors (Lipinski definition) is 0. The number of rotatable bonds is 2. The lowest BCUT2D eigenvalue weighted by molar-refractivity contribution is 0.442. The van der Waals surface area contributed by atoms with E-state index in [1.807, 2.05) is 18.2 Å². The standard InChI is InChI=1S/C17H15BrClF/c18-15-10-11(5-8-16(15)20)9-13-7-6-12-3-1-2-4-14(12)17(13)19/h1-5,8,10,13,17H,6-7,9H2. The van der Waals surface area contributed by atoms with Gasteiger partial charge in [0.2, 0.25) is 0 Å². The quantitative estimate of drug-likeness (QED) is 0.610. The molecule has 0 nitrogen and oxygen atoms in total. The average molecular weight is 354 g/mol. The molecule has 1 aliphatic rings. The van der Waals surface area contributed by atoms with Gasteiger partial charge >= 0.3 is 0 Å². The Hall–Kier alpha value is -0.860. The zero-order valence-corrected chi connectivity index (χ0v) is 13.3. The van der Waals surface area contributed by atoms with E-state index in [9.17, 15) is 4.39 Å². The van der Waals surface area contributed by atoms with Crippen molar-refractivity contribution < 1.29 is 4.39 Å². The lowest BCUT2D eigenvalue weighted by Crippen LogP contribution is -2.19. The normalized spacial score (nSPS) is 21.6. The summed E-state index contributed by atoms with van der Waals surface area (Å²) < 4.78 is 13.8. The van der Waals surface area contributed by atoms with Crippen LogP contribution in [0.4, 0.5) is 4.39 Å². The molecule has 1 aliphatic carbocycles. The van der Waals surface area contributed by atoms with Crippen molar-refractivity contribution in [2.24, 2.45) is 5.92 Å². The minimum atomic E-state index is -0.217. The molecule has 0 saturated carbocycles. The van der Waals surface area contributed by atoms with Crippen LogP contribution >= 0.6 is 27.5 Å². The molecule has 2 unspecified atom stereocenters. The number of aryl methyl sites for hydroxylation is 1. The van der Waals surface area contributed by atoms with E-state index in [2.05, 4.69) is 34.1 Å². The summed E-state index contributed by atoms with van der Waals surface area (Å²) >= 11 is 9.89. The average Bonchev–Trinajstić information content (AvgIpc) is 2.46. The first kappa shape index (κ1) is 14.1. The molecule has 2 atom stereocenters. The highest BCUT2D eigenvalue weighted by Gasteiger charge is 2.27. The van der Waals surface area contributed by atoms with Crippen LogP contribution in [0.3, 0.4) is 0 Å². The predicted octanol–water partition coefficient (Wildman–Crippen LogP) is 5.67. The number of hydrogen-bond donors (Lipinski definition) is 0. The Morgan fingerprint density at radius 1 is 1.20 bits per heavy atom. The van der Waals surface area contributed by atoms with Gasteiger partial charge in [-0.2, -0.15) is 0 Å². The van der Waals surface area contributed by atoms with E-state index < -0.39 is 0 Å². The van der Waals surface area contributed by atoms with Crippen LogP contribution in [0.25, 0.3) is 0 Å². The largest absolute Gasteiger partial charge is 0.206 e. The monoisotopic (exact) mass is 352 g/mol. The summed E-state index contributed by atoms with van der Waals surface area (Å²) in [7, 11) is 0.